The van der Waals surface area contributed by atoms with Gasteiger partial charge in [-0.25, -0.2) is 17.5 Å². The summed E-state index contributed by atoms with van der Waals surface area (Å²) >= 11 is 0.940. The van der Waals surface area contributed by atoms with Crippen LogP contribution in [0.25, 0.3) is 10.4 Å². The molecule has 3 aromatic rings. The Balaban J connectivity index is 0.000000942. The molecule has 0 aliphatic carbocycles. The minimum atomic E-state index is -5.19. The molecule has 0 aliphatic heterocycles. The Labute approximate surface area is 264 Å². The highest BCUT2D eigenvalue weighted by Crippen LogP contribution is 2.39. The number of alkyl halides is 3. The van der Waals surface area contributed by atoms with Crippen LogP contribution in [0.3, 0.4) is 0 Å². The van der Waals surface area contributed by atoms with Crippen LogP contribution in [0.1, 0.15) is 18.4 Å². The Morgan fingerprint density at radius 1 is 1.02 bits per heavy atom. The molecule has 0 aliphatic rings. The molecule has 0 saturated carbocycles. The van der Waals surface area contributed by atoms with Crippen molar-refractivity contribution in [3.63, 3.8) is 0 Å². The van der Waals surface area contributed by atoms with Crippen LogP contribution in [0.15, 0.2) is 52.7 Å². The smallest absolute Gasteiger partial charge is 0.430 e. The van der Waals surface area contributed by atoms with Crippen molar-refractivity contribution >= 4 is 34.9 Å². The molecule has 2 aromatic carbocycles. The number of carboxylic acid groups (broad SMARTS) is 1. The van der Waals surface area contributed by atoms with E-state index in [2.05, 4.69) is 11.5 Å². The van der Waals surface area contributed by atoms with Gasteiger partial charge in [0, 0.05) is 23.8 Å². The number of hydrogen-bond acceptors (Lipinski definition) is 11. The molecular formula is C26H29F4N4O9PS2. The zero-order valence-electron chi connectivity index (χ0n) is 23.9. The molecule has 13 nitrogen and oxygen atoms in total. The molecule has 0 fully saturated rings. The largest absolute Gasteiger partial charge is 0.768 e. The lowest BCUT2D eigenvalue weighted by Crippen LogP contribution is -2.50. The summed E-state index contributed by atoms with van der Waals surface area (Å²) in [5, 5.41) is 17.6. The summed E-state index contributed by atoms with van der Waals surface area (Å²) in [6.45, 7) is 2.37. The highest BCUT2D eigenvalue weighted by atomic mass is 32.2. The number of nitrogens with one attached hydrogen (secondary N) is 1. The van der Waals surface area contributed by atoms with E-state index in [9.17, 15) is 35.4 Å². The highest BCUT2D eigenvalue weighted by Gasteiger charge is 2.29. The van der Waals surface area contributed by atoms with Gasteiger partial charge in [0.1, 0.15) is 27.8 Å². The Morgan fingerprint density at radius 2 is 1.63 bits per heavy atom. The van der Waals surface area contributed by atoms with E-state index in [4.69, 9.17) is 29.2 Å². The molecule has 0 radical (unpaired) electrons. The number of rotatable bonds is 15. The number of halogens is 4. The average Bonchev–Trinajstić information content (AvgIpc) is 3.49. The molecule has 1 aromatic heterocycles. The maximum Gasteiger partial charge on any atom is 0.430 e. The van der Waals surface area contributed by atoms with Crippen molar-refractivity contribution in [1.29, 1.82) is 5.26 Å². The second kappa shape index (κ2) is 17.2. The topological polar surface area (TPSA) is 233 Å². The van der Waals surface area contributed by atoms with E-state index in [1.54, 1.807) is 30.3 Å². The zero-order valence-corrected chi connectivity index (χ0v) is 26.4. The van der Waals surface area contributed by atoms with Gasteiger partial charge in [0.2, 0.25) is 0 Å². The summed E-state index contributed by atoms with van der Waals surface area (Å²) in [5.41, 5.74) is 8.00. The molecule has 0 bridgehead atoms. The fourth-order valence-electron chi connectivity index (χ4n) is 3.15. The van der Waals surface area contributed by atoms with Crippen LogP contribution in [0, 0.1) is 17.1 Å². The van der Waals surface area contributed by atoms with Gasteiger partial charge in [0.25, 0.3) is 10.0 Å². The molecule has 252 valence electrons. The van der Waals surface area contributed by atoms with Gasteiger partial charge in [-0.2, -0.15) is 18.4 Å². The van der Waals surface area contributed by atoms with E-state index in [-0.39, 0.29) is 15.5 Å². The number of nitriles is 1. The quantitative estimate of drug-likeness (QED) is 0.113. The first kappa shape index (κ1) is 38.4. The van der Waals surface area contributed by atoms with Crippen molar-refractivity contribution < 1.29 is 70.8 Å². The Hall–Kier alpha value is -3.76. The maximum absolute atomic E-state index is 13.7. The molecule has 0 amide bonds. The van der Waals surface area contributed by atoms with E-state index < -0.39 is 41.9 Å². The Morgan fingerprint density at radius 3 is 2.17 bits per heavy atom. The second-order valence-electron chi connectivity index (χ2n) is 8.94. The monoisotopic (exact) mass is 712 g/mol. The summed E-state index contributed by atoms with van der Waals surface area (Å²) in [7, 11) is -9.00. The van der Waals surface area contributed by atoms with Crippen molar-refractivity contribution in [2.75, 3.05) is 32.6 Å². The minimum Gasteiger partial charge on any atom is -0.768 e. The zero-order chi connectivity index (χ0) is 34.5. The number of aliphatic carboxylic acids is 1. The van der Waals surface area contributed by atoms with Gasteiger partial charge in [-0.15, -0.1) is 11.3 Å². The second-order valence-corrected chi connectivity index (χ2v) is 13.7. The molecule has 1 unspecified atom stereocenters. The lowest BCUT2D eigenvalue weighted by molar-refractivity contribution is -0.369. The maximum atomic E-state index is 13.7. The molecule has 46 heavy (non-hydrogen) atoms. The number of nitrogens with zero attached hydrogens (tertiary/aromatic N) is 1. The van der Waals surface area contributed by atoms with E-state index in [1.807, 2.05) is 4.72 Å². The molecule has 7 N–H and O–H groups in total. The Kier molecular flexibility index (Phi) is 14.4. The van der Waals surface area contributed by atoms with Crippen molar-refractivity contribution in [1.82, 2.24) is 4.72 Å². The predicted molar refractivity (Wildman–Crippen MR) is 151 cm³/mol. The first-order chi connectivity index (χ1) is 21.5. The van der Waals surface area contributed by atoms with E-state index in [0.29, 0.717) is 41.7 Å². The fourth-order valence-corrected chi connectivity index (χ4v) is 6.97. The first-order valence-corrected chi connectivity index (χ1v) is 17.1. The summed E-state index contributed by atoms with van der Waals surface area (Å²) in [4.78, 5) is 21.7. The lowest BCUT2D eigenvalue weighted by atomic mass is 10.1. The van der Waals surface area contributed by atoms with Gasteiger partial charge in [0.05, 0.1) is 38.2 Å². The third kappa shape index (κ3) is 12.2. The third-order valence-electron chi connectivity index (χ3n) is 5.36. The SMILES string of the molecule is N#Cc1ccc(OP(=O)([O-])CNS(=O)(=O)c2ccc(-c3ccc(OCCC[NH3+])c(OCCC[NH3+])c3)s2)cc1F.O=C([O-])C(F)(F)F. The van der Waals surface area contributed by atoms with Crippen molar-refractivity contribution in [2.24, 2.45) is 0 Å². The van der Waals surface area contributed by atoms with E-state index >= 15 is 0 Å². The molecule has 0 spiro atoms. The van der Waals surface area contributed by atoms with Crippen LogP contribution < -0.4 is 40.2 Å². The average molecular weight is 713 g/mol. The normalized spacial score (nSPS) is 12.7. The number of carboxylic acids is 1. The fraction of sp³-hybridized carbons (Fsp3) is 0.308. The lowest BCUT2D eigenvalue weighted by Gasteiger charge is -2.24. The number of ether oxygens (including phenoxy) is 2. The standard InChI is InChI=1S/C24H28FN4O7PS2.C2HF3O2/c25-20-14-19(5-3-18(20)15-28)36-37(30,31)16-29-39(32,33)24-8-7-23(38-24)17-4-6-21(34-11-1-9-26)22(13-17)35-12-2-10-27;3-2(4,5)1(6)7/h3-8,13-14,29H,1-2,9-12,16,26-27H2,(H,30,31);(H,6,7). The van der Waals surface area contributed by atoms with Crippen molar-refractivity contribution in [3.05, 3.63) is 59.9 Å². The van der Waals surface area contributed by atoms with Crippen molar-refractivity contribution in [3.8, 4) is 33.8 Å². The molecule has 20 heteroatoms. The van der Waals surface area contributed by atoms with E-state index in [0.717, 1.165) is 48.9 Å². The number of benzene rings is 2. The van der Waals surface area contributed by atoms with Crippen LogP contribution in [-0.4, -0.2) is 53.2 Å². The van der Waals surface area contributed by atoms with Gasteiger partial charge >= 0.3 is 6.18 Å². The van der Waals surface area contributed by atoms with Crippen LogP contribution in [0.2, 0.25) is 0 Å². The summed E-state index contributed by atoms with van der Waals surface area (Å²) in [6.07, 6.45) is -4.72. The third-order valence-corrected chi connectivity index (χ3v) is 9.64. The number of thiophene rings is 1. The minimum absolute atomic E-state index is 0.114. The number of quaternary nitrogens is 2. The summed E-state index contributed by atoms with van der Waals surface area (Å²) < 4.78 is 101. The van der Waals surface area contributed by atoms with Crippen LogP contribution in [-0.2, 0) is 19.4 Å². The highest BCUT2D eigenvalue weighted by molar-refractivity contribution is 7.92. The van der Waals surface area contributed by atoms with Crippen molar-refractivity contribution in [2.45, 2.75) is 23.2 Å². The molecule has 0 saturated heterocycles. The Bertz CT molecular complexity index is 1680. The van der Waals surface area contributed by atoms with Gasteiger partial charge in [-0.3, -0.25) is 4.57 Å². The van der Waals surface area contributed by atoms with Crippen LogP contribution >= 0.6 is 18.9 Å². The number of hydrogen-bond donors (Lipinski definition) is 3. The molecule has 3 rings (SSSR count). The van der Waals surface area contributed by atoms with Crippen LogP contribution in [0.4, 0.5) is 17.6 Å². The summed E-state index contributed by atoms with van der Waals surface area (Å²) in [5.74, 6) is -3.27. The summed E-state index contributed by atoms with van der Waals surface area (Å²) in [6, 6.07) is 12.7. The number of carbonyl (C=O) groups excluding carboxylic acids is 1. The van der Waals surface area contributed by atoms with Gasteiger partial charge in [-0.1, -0.05) is 0 Å². The molecule has 1 atom stereocenters. The predicted octanol–water partition coefficient (Wildman–Crippen LogP) is 0.614. The first-order valence-electron chi connectivity index (χ1n) is 13.1. The van der Waals surface area contributed by atoms with E-state index in [1.165, 1.54) is 6.07 Å². The molecule has 1 heterocycles. The van der Waals surface area contributed by atoms with Gasteiger partial charge in [0.15, 0.2) is 19.1 Å². The van der Waals surface area contributed by atoms with Gasteiger partial charge < -0.3 is 40.3 Å². The molecular weight excluding hydrogens is 683 g/mol. The number of sulfonamides is 1. The van der Waals surface area contributed by atoms with Crippen LogP contribution in [0.5, 0.6) is 17.2 Å². The number of carbonyl (C=O) groups is 1. The van der Waals surface area contributed by atoms with Gasteiger partial charge in [-0.05, 0) is 48.0 Å².